The number of piperazine rings is 1. The molecule has 2 saturated heterocycles. The Kier molecular flexibility index (Phi) is 13.5. The molecule has 2 aliphatic heterocycles. The van der Waals surface area contributed by atoms with Gasteiger partial charge in [0.1, 0.15) is 10.0 Å². The van der Waals surface area contributed by atoms with Crippen LogP contribution in [0.25, 0.3) is 6.08 Å². The van der Waals surface area contributed by atoms with Gasteiger partial charge in [0.25, 0.3) is 10.0 Å². The molecule has 3 heterocycles. The smallest absolute Gasteiger partial charge is 0.306 e. The van der Waals surface area contributed by atoms with Crippen molar-refractivity contribution in [3.05, 3.63) is 58.0 Å². The maximum atomic E-state index is 13.1. The van der Waals surface area contributed by atoms with Gasteiger partial charge in [0, 0.05) is 49.5 Å². The van der Waals surface area contributed by atoms with Gasteiger partial charge in [-0.3, -0.25) is 15.0 Å². The molecular weight excluding hydrogens is 584 g/mol. The molecule has 41 heavy (non-hydrogen) atoms. The molecule has 1 aromatic heterocycles. The molecule has 2 aromatic rings. The molecule has 9 nitrogen and oxygen atoms in total. The summed E-state index contributed by atoms with van der Waals surface area (Å²) in [4.78, 5) is 28.5. The fraction of sp³-hybridized carbons (Fsp3) is 0.483. The van der Waals surface area contributed by atoms with Crippen LogP contribution in [0.2, 0.25) is 0 Å². The second-order valence-electron chi connectivity index (χ2n) is 9.38. The summed E-state index contributed by atoms with van der Waals surface area (Å²) in [6.07, 6.45) is 6.28. The minimum Gasteiger partial charge on any atom is -0.481 e. The Morgan fingerprint density at radius 2 is 1.73 bits per heavy atom. The number of carbonyl (C=O) groups is 2. The van der Waals surface area contributed by atoms with Gasteiger partial charge in [-0.1, -0.05) is 50.3 Å². The van der Waals surface area contributed by atoms with E-state index in [2.05, 4.69) is 11.6 Å². The average Bonchev–Trinajstić information content (AvgIpc) is 3.37. The summed E-state index contributed by atoms with van der Waals surface area (Å²) < 4.78 is 27.8. The number of piperidine rings is 1. The lowest BCUT2D eigenvalue weighted by Crippen LogP contribution is -2.51. The number of hydrogen-bond acceptors (Lipinski definition) is 6. The average molecular weight is 625 g/mol. The van der Waals surface area contributed by atoms with Crippen molar-refractivity contribution in [1.29, 1.82) is 5.41 Å². The number of rotatable bonds is 7. The minimum absolute atomic E-state index is 0.187. The van der Waals surface area contributed by atoms with Crippen LogP contribution in [0.4, 0.5) is 0 Å². The highest BCUT2D eigenvalue weighted by Gasteiger charge is 2.34. The zero-order valence-corrected chi connectivity index (χ0v) is 26.8. The molecule has 0 aliphatic carbocycles. The number of alkyl halides is 1. The van der Waals surface area contributed by atoms with Crippen molar-refractivity contribution in [3.63, 3.8) is 0 Å². The van der Waals surface area contributed by atoms with Crippen LogP contribution < -0.4 is 0 Å². The van der Waals surface area contributed by atoms with Crippen LogP contribution in [0.5, 0.6) is 0 Å². The number of hydrogen-bond donors (Lipinski definition) is 2. The number of sulfonamides is 1. The molecule has 0 atom stereocenters. The van der Waals surface area contributed by atoms with Crippen molar-refractivity contribution in [1.82, 2.24) is 14.1 Å². The molecule has 1 amide bonds. The third kappa shape index (κ3) is 8.64. The Bertz CT molecular complexity index is 1320. The van der Waals surface area contributed by atoms with E-state index in [4.69, 9.17) is 10.5 Å². The van der Waals surface area contributed by atoms with E-state index in [1.165, 1.54) is 22.0 Å². The maximum absolute atomic E-state index is 13.1. The zero-order chi connectivity index (χ0) is 30.7. The second-order valence-corrected chi connectivity index (χ2v) is 12.8. The Hall–Kier alpha value is -2.73. The normalized spacial score (nSPS) is 16.6. The number of nitrogens with zero attached hydrogens (tertiary/aromatic N) is 3. The highest BCUT2D eigenvalue weighted by Crippen LogP contribution is 2.30. The summed E-state index contributed by atoms with van der Waals surface area (Å²) in [5.74, 6) is -0.991. The Morgan fingerprint density at radius 1 is 1.12 bits per heavy atom. The van der Waals surface area contributed by atoms with Gasteiger partial charge < -0.3 is 14.9 Å². The molecule has 0 saturated carbocycles. The third-order valence-electron chi connectivity index (χ3n) is 6.92. The SMILES string of the molecule is C/C=C\c1cc(S(=O)(=O)N2CCN(Cc3ccc(C(=N)N4CCC(C(=O)O)CC4)cc3)C(=O)C2)sc1C.CC.CCl. The highest BCUT2D eigenvalue weighted by molar-refractivity contribution is 7.91. The summed E-state index contributed by atoms with van der Waals surface area (Å²) in [5.41, 5.74) is 2.51. The van der Waals surface area contributed by atoms with E-state index in [1.54, 1.807) is 11.0 Å². The number of allylic oxidation sites excluding steroid dienone is 1. The Labute approximate surface area is 253 Å². The van der Waals surface area contributed by atoms with Crippen LogP contribution in [0, 0.1) is 18.3 Å². The summed E-state index contributed by atoms with van der Waals surface area (Å²) in [6, 6.07) is 9.10. The fourth-order valence-electron chi connectivity index (χ4n) is 4.65. The van der Waals surface area contributed by atoms with Gasteiger partial charge >= 0.3 is 5.97 Å². The molecule has 2 aliphatic rings. The minimum atomic E-state index is -3.74. The number of likely N-dealkylation sites (tertiary alicyclic amines) is 1. The quantitative estimate of drug-likeness (QED) is 0.250. The van der Waals surface area contributed by atoms with Gasteiger partial charge in [0.15, 0.2) is 0 Å². The number of halogens is 1. The van der Waals surface area contributed by atoms with E-state index in [0.717, 1.165) is 21.6 Å². The van der Waals surface area contributed by atoms with Crippen molar-refractivity contribution in [2.75, 3.05) is 39.1 Å². The first kappa shape index (κ1) is 34.5. The predicted molar refractivity (Wildman–Crippen MR) is 166 cm³/mol. The molecule has 0 bridgehead atoms. The number of nitrogens with one attached hydrogen (secondary N) is 1. The lowest BCUT2D eigenvalue weighted by molar-refractivity contribution is -0.143. The molecule has 12 heteroatoms. The van der Waals surface area contributed by atoms with Crippen LogP contribution >= 0.6 is 22.9 Å². The molecule has 0 radical (unpaired) electrons. The summed E-state index contributed by atoms with van der Waals surface area (Å²) in [5, 5.41) is 17.7. The molecule has 0 unspecified atom stereocenters. The fourth-order valence-corrected chi connectivity index (χ4v) is 7.63. The third-order valence-corrected chi connectivity index (χ3v) is 10.3. The molecule has 226 valence electrons. The van der Waals surface area contributed by atoms with Crippen molar-refractivity contribution >= 4 is 56.7 Å². The Morgan fingerprint density at radius 3 is 2.27 bits per heavy atom. The molecule has 4 rings (SSSR count). The number of aliphatic carboxylic acids is 1. The van der Waals surface area contributed by atoms with Crippen molar-refractivity contribution in [2.24, 2.45) is 5.92 Å². The molecule has 1 aromatic carbocycles. The van der Waals surface area contributed by atoms with Crippen LogP contribution in [0.1, 0.15) is 55.2 Å². The number of thiophene rings is 1. The van der Waals surface area contributed by atoms with E-state index < -0.39 is 16.0 Å². The molecule has 2 N–H and O–H groups in total. The number of amides is 1. The zero-order valence-electron chi connectivity index (χ0n) is 24.4. The van der Waals surface area contributed by atoms with E-state index in [1.807, 2.05) is 69.0 Å². The summed E-state index contributed by atoms with van der Waals surface area (Å²) in [6.45, 7) is 9.58. The predicted octanol–water partition coefficient (Wildman–Crippen LogP) is 5.13. The first-order valence-corrected chi connectivity index (χ1v) is 16.7. The monoisotopic (exact) mass is 624 g/mol. The number of amidine groups is 1. The molecule has 0 spiro atoms. The van der Waals surface area contributed by atoms with Gasteiger partial charge in [-0.2, -0.15) is 4.31 Å². The van der Waals surface area contributed by atoms with E-state index >= 15 is 0 Å². The number of carboxylic acid groups (broad SMARTS) is 1. The standard InChI is InChI=1S/C26H32N4O5S2.C2H6.CH3Cl/c1-3-4-22-15-24(36-18(22)2)37(34,35)30-14-13-29(23(31)17-30)16-19-5-7-20(8-6-19)25(27)28-11-9-21(10-12-28)26(32)33;2*1-2/h3-8,15,21,27H,9-14,16-17H2,1-2H3,(H,32,33);1-2H3;1H3/b4-3-,27-25?;;. The van der Waals surface area contributed by atoms with Gasteiger partial charge in [0.05, 0.1) is 12.5 Å². The lowest BCUT2D eigenvalue weighted by Gasteiger charge is -2.33. The van der Waals surface area contributed by atoms with E-state index in [9.17, 15) is 18.0 Å². The van der Waals surface area contributed by atoms with Gasteiger partial charge in [-0.15, -0.1) is 22.9 Å². The van der Waals surface area contributed by atoms with E-state index in [0.29, 0.717) is 44.9 Å². The number of aryl methyl sites for hydroxylation is 1. The van der Waals surface area contributed by atoms with Crippen molar-refractivity contribution < 1.29 is 23.1 Å². The summed E-state index contributed by atoms with van der Waals surface area (Å²) >= 11 is 5.86. The largest absolute Gasteiger partial charge is 0.481 e. The number of benzene rings is 1. The second kappa shape index (κ2) is 16.1. The Balaban J connectivity index is 0.00000141. The van der Waals surface area contributed by atoms with Gasteiger partial charge in [-0.25, -0.2) is 8.42 Å². The molecule has 2 fully saturated rings. The van der Waals surface area contributed by atoms with Crippen LogP contribution in [-0.4, -0.2) is 84.4 Å². The topological polar surface area (TPSA) is 122 Å². The number of carboxylic acids is 1. The first-order valence-electron chi connectivity index (χ1n) is 13.6. The summed E-state index contributed by atoms with van der Waals surface area (Å²) in [7, 11) is -3.74. The van der Waals surface area contributed by atoms with E-state index in [-0.39, 0.29) is 29.1 Å². The van der Waals surface area contributed by atoms with Gasteiger partial charge in [0.2, 0.25) is 5.91 Å². The van der Waals surface area contributed by atoms with Gasteiger partial charge in [-0.05, 0) is 43.9 Å². The molecular formula is C29H41ClN4O5S2. The maximum Gasteiger partial charge on any atom is 0.306 e. The lowest BCUT2D eigenvalue weighted by atomic mass is 9.96. The van der Waals surface area contributed by atoms with Crippen LogP contribution in [-0.2, 0) is 26.2 Å². The van der Waals surface area contributed by atoms with Crippen molar-refractivity contribution in [2.45, 2.75) is 51.3 Å². The van der Waals surface area contributed by atoms with Crippen LogP contribution in [0.15, 0.2) is 40.6 Å². The number of carbonyl (C=O) groups excluding carboxylic acids is 1. The highest BCUT2D eigenvalue weighted by atomic mass is 35.5. The van der Waals surface area contributed by atoms with Crippen LogP contribution in [0.3, 0.4) is 0 Å². The van der Waals surface area contributed by atoms with Crippen molar-refractivity contribution in [3.8, 4) is 0 Å². The first-order chi connectivity index (χ1) is 19.6.